The van der Waals surface area contributed by atoms with Gasteiger partial charge >= 0.3 is 0 Å². The Labute approximate surface area is 297 Å². The average molecular weight is 692 g/mol. The van der Waals surface area contributed by atoms with Crippen molar-refractivity contribution in [2.45, 2.75) is 77.1 Å². The molecule has 3 aromatic carbocycles. The zero-order valence-corrected chi connectivity index (χ0v) is 29.9. The highest BCUT2D eigenvalue weighted by Crippen LogP contribution is 2.35. The zero-order chi connectivity index (χ0) is 35.3. The van der Waals surface area contributed by atoms with Crippen molar-refractivity contribution in [3.05, 3.63) is 129 Å². The highest BCUT2D eigenvalue weighted by molar-refractivity contribution is 7.09. The number of carbonyl (C=O) groups excluding carboxylic acids is 2. The van der Waals surface area contributed by atoms with Crippen LogP contribution in [0.5, 0.6) is 0 Å². The van der Waals surface area contributed by atoms with E-state index in [0.29, 0.717) is 36.5 Å². The van der Waals surface area contributed by atoms with Crippen LogP contribution in [0.4, 0.5) is 0 Å². The molecule has 3 heterocycles. The van der Waals surface area contributed by atoms with E-state index in [4.69, 9.17) is 4.42 Å². The third kappa shape index (κ3) is 8.56. The van der Waals surface area contributed by atoms with E-state index in [0.717, 1.165) is 34.7 Å². The summed E-state index contributed by atoms with van der Waals surface area (Å²) >= 11 is 1.57. The number of nitrogens with zero attached hydrogens (tertiary/aromatic N) is 3. The molecule has 1 aliphatic heterocycles. The van der Waals surface area contributed by atoms with Gasteiger partial charge in [-0.3, -0.25) is 9.59 Å². The van der Waals surface area contributed by atoms with Crippen LogP contribution in [0.2, 0.25) is 0 Å². The van der Waals surface area contributed by atoms with Gasteiger partial charge in [0.2, 0.25) is 5.89 Å². The largest absolute Gasteiger partial charge is 0.445 e. The van der Waals surface area contributed by atoms with Crippen LogP contribution >= 0.6 is 11.3 Å². The number of aromatic nitrogens is 2. The molecule has 0 spiro atoms. The van der Waals surface area contributed by atoms with E-state index >= 15 is 0 Å². The van der Waals surface area contributed by atoms with Crippen LogP contribution in [0.3, 0.4) is 0 Å². The second-order valence-electron chi connectivity index (χ2n) is 14.0. The van der Waals surface area contributed by atoms with Crippen LogP contribution in [-0.4, -0.2) is 57.0 Å². The van der Waals surface area contributed by atoms with E-state index in [-0.39, 0.29) is 29.5 Å². The van der Waals surface area contributed by atoms with Crippen LogP contribution in [0, 0.1) is 6.92 Å². The number of benzene rings is 3. The van der Waals surface area contributed by atoms with Crippen molar-refractivity contribution in [2.75, 3.05) is 13.1 Å². The third-order valence-electron chi connectivity index (χ3n) is 9.11. The molecule has 1 saturated heterocycles. The molecule has 50 heavy (non-hydrogen) atoms. The maximum Gasteiger partial charge on any atom is 0.254 e. The zero-order valence-electron chi connectivity index (χ0n) is 29.1. The van der Waals surface area contributed by atoms with Crippen molar-refractivity contribution in [1.82, 2.24) is 25.5 Å². The van der Waals surface area contributed by atoms with Gasteiger partial charge in [-0.1, -0.05) is 75.4 Å². The first-order valence-electron chi connectivity index (χ1n) is 17.2. The maximum absolute atomic E-state index is 14.1. The highest BCUT2D eigenvalue weighted by atomic mass is 32.1. The number of thiazole rings is 1. The van der Waals surface area contributed by atoms with E-state index in [2.05, 4.69) is 65.6 Å². The topological polar surface area (TPSA) is 121 Å². The normalized spacial score (nSPS) is 15.9. The van der Waals surface area contributed by atoms with Gasteiger partial charge in [0.1, 0.15) is 11.3 Å². The second kappa shape index (κ2) is 15.5. The molecule has 3 N–H and O–H groups in total. The Bertz CT molecular complexity index is 1900. The van der Waals surface area contributed by atoms with Crippen LogP contribution < -0.4 is 10.6 Å². The molecule has 0 bridgehead atoms. The Morgan fingerprint density at radius 1 is 1.04 bits per heavy atom. The van der Waals surface area contributed by atoms with Crippen LogP contribution in [0.25, 0.3) is 11.5 Å². The van der Waals surface area contributed by atoms with Crippen molar-refractivity contribution in [1.29, 1.82) is 0 Å². The predicted molar refractivity (Wildman–Crippen MR) is 196 cm³/mol. The van der Waals surface area contributed by atoms with Gasteiger partial charge in [-0.25, -0.2) is 9.97 Å². The van der Waals surface area contributed by atoms with E-state index in [1.165, 1.54) is 18.0 Å². The fraction of sp³-hybridized carbons (Fsp3) is 0.350. The Morgan fingerprint density at radius 2 is 1.82 bits per heavy atom. The van der Waals surface area contributed by atoms with Gasteiger partial charge in [0, 0.05) is 47.4 Å². The number of carbonyl (C=O) groups is 2. The fourth-order valence-corrected chi connectivity index (χ4v) is 7.33. The maximum atomic E-state index is 14.1. The number of likely N-dealkylation sites (tertiary alicyclic amines) is 1. The first-order valence-corrected chi connectivity index (χ1v) is 18.0. The van der Waals surface area contributed by atoms with E-state index < -0.39 is 18.1 Å². The van der Waals surface area contributed by atoms with Gasteiger partial charge in [-0.2, -0.15) is 0 Å². The number of nitrogens with one attached hydrogen (secondary N) is 2. The summed E-state index contributed by atoms with van der Waals surface area (Å²) in [7, 11) is 0. The number of hydrogen-bond donors (Lipinski definition) is 3. The number of aliphatic hydroxyl groups excluding tert-OH is 1. The van der Waals surface area contributed by atoms with Gasteiger partial charge in [0.15, 0.2) is 0 Å². The molecule has 0 saturated carbocycles. The molecule has 5 aromatic rings. The van der Waals surface area contributed by atoms with E-state index in [1.807, 2.05) is 47.5 Å². The third-order valence-corrected chi connectivity index (χ3v) is 10.2. The van der Waals surface area contributed by atoms with E-state index in [1.54, 1.807) is 29.5 Å². The number of aryl methyl sites for hydroxylation is 1. The molecule has 9 nitrogen and oxygen atoms in total. The van der Waals surface area contributed by atoms with Crippen LogP contribution in [0.1, 0.15) is 87.8 Å². The Balaban J connectivity index is 1.23. The Morgan fingerprint density at radius 3 is 2.54 bits per heavy atom. The molecule has 6 rings (SSSR count). The molecule has 1 aliphatic rings. The standard InChI is InChI=1S/C40H45N5O4S/c1-26-25-50-38(43-26)34-14-9-16-45(34)39(48)31-21-29(20-30(22-31)37-42-15-17-49-37)36(47)44-33(19-27-10-6-5-7-11-27)35(46)24-41-23-28-12-8-13-32(18-28)40(2,3)4/h5-8,10-13,15,17-18,20-22,25,33-35,41,46H,9,14,16,19,23-24H2,1-4H3,(H,44,47)/t33-,34+,35+/m0/s1. The number of amides is 2. The lowest BCUT2D eigenvalue weighted by molar-refractivity contribution is 0.0735. The smallest absolute Gasteiger partial charge is 0.254 e. The molecular weight excluding hydrogens is 647 g/mol. The highest BCUT2D eigenvalue weighted by Gasteiger charge is 2.33. The SMILES string of the molecule is Cc1csc([C@H]2CCCN2C(=O)c2cc(C(=O)N[C@@H](Cc3ccccc3)[C@H](O)CNCc3cccc(C(C)(C)C)c3)cc(-c3ncco3)c2)n1. The van der Waals surface area contributed by atoms with Gasteiger partial charge in [0.05, 0.1) is 24.4 Å². The Kier molecular flexibility index (Phi) is 10.9. The van der Waals surface area contributed by atoms with E-state index in [9.17, 15) is 14.7 Å². The molecule has 0 aliphatic carbocycles. The molecule has 2 aromatic heterocycles. The minimum absolute atomic E-state index is 0.0337. The lowest BCUT2D eigenvalue weighted by atomic mass is 9.86. The second-order valence-corrected chi connectivity index (χ2v) is 14.9. The summed E-state index contributed by atoms with van der Waals surface area (Å²) in [6.07, 6.45) is 4.22. The first-order chi connectivity index (χ1) is 24.0. The quantitative estimate of drug-likeness (QED) is 0.131. The number of aliphatic hydroxyl groups is 1. The summed E-state index contributed by atoms with van der Waals surface area (Å²) < 4.78 is 5.59. The predicted octanol–water partition coefficient (Wildman–Crippen LogP) is 6.87. The van der Waals surface area contributed by atoms with Crippen molar-refractivity contribution in [3.63, 3.8) is 0 Å². The summed E-state index contributed by atoms with van der Waals surface area (Å²) in [4.78, 5) is 38.9. The number of rotatable bonds is 12. The summed E-state index contributed by atoms with van der Waals surface area (Å²) in [5, 5.41) is 20.9. The van der Waals surface area contributed by atoms with Crippen LogP contribution in [-0.2, 0) is 18.4 Å². The lowest BCUT2D eigenvalue weighted by Crippen LogP contribution is -2.48. The van der Waals surface area contributed by atoms with Gasteiger partial charge in [-0.05, 0) is 66.5 Å². The lowest BCUT2D eigenvalue weighted by Gasteiger charge is -2.26. The number of oxazole rings is 1. The number of hydrogen-bond acceptors (Lipinski definition) is 8. The molecule has 260 valence electrons. The first kappa shape index (κ1) is 35.2. The summed E-state index contributed by atoms with van der Waals surface area (Å²) in [5.74, 6) is -0.273. The molecule has 0 radical (unpaired) electrons. The summed E-state index contributed by atoms with van der Waals surface area (Å²) in [6, 6.07) is 22.5. The minimum Gasteiger partial charge on any atom is -0.445 e. The Hall–Kier alpha value is -4.64. The monoisotopic (exact) mass is 691 g/mol. The molecule has 10 heteroatoms. The molecule has 3 atom stereocenters. The average Bonchev–Trinajstić information content (AvgIpc) is 3.90. The van der Waals surface area contributed by atoms with Gasteiger partial charge in [-0.15, -0.1) is 11.3 Å². The van der Waals surface area contributed by atoms with Gasteiger partial charge < -0.3 is 25.1 Å². The van der Waals surface area contributed by atoms with Crippen LogP contribution in [0.15, 0.2) is 95.1 Å². The van der Waals surface area contributed by atoms with Crippen molar-refractivity contribution >= 4 is 23.2 Å². The molecular formula is C40H45N5O4S. The van der Waals surface area contributed by atoms with Crippen molar-refractivity contribution < 1.29 is 19.1 Å². The summed E-state index contributed by atoms with van der Waals surface area (Å²) in [6.45, 7) is 9.96. The van der Waals surface area contributed by atoms with Gasteiger partial charge in [0.25, 0.3) is 11.8 Å². The summed E-state index contributed by atoms with van der Waals surface area (Å²) in [5.41, 5.74) is 5.49. The minimum atomic E-state index is -0.895. The van der Waals surface area contributed by atoms with Crippen molar-refractivity contribution in [2.24, 2.45) is 0 Å². The fourth-order valence-electron chi connectivity index (χ4n) is 6.39. The van der Waals surface area contributed by atoms with Crippen molar-refractivity contribution in [3.8, 4) is 11.5 Å². The molecule has 1 fully saturated rings. The molecule has 2 amide bonds. The molecule has 0 unspecified atom stereocenters.